The molecule has 0 saturated carbocycles. The van der Waals surface area contributed by atoms with Crippen LogP contribution in [0, 0.1) is 13.8 Å². The van der Waals surface area contributed by atoms with Crippen molar-refractivity contribution in [2.24, 2.45) is 0 Å². The molecule has 0 N–H and O–H groups in total. The highest BCUT2D eigenvalue weighted by atomic mass is 16.5. The molecule has 138 valence electrons. The Kier molecular flexibility index (Phi) is 7.83. The van der Waals surface area contributed by atoms with Crippen LogP contribution in [0.15, 0.2) is 54.8 Å². The van der Waals surface area contributed by atoms with Gasteiger partial charge in [-0.05, 0) is 38.0 Å². The first-order chi connectivity index (χ1) is 12.6. The molecule has 5 heteroatoms. The van der Waals surface area contributed by atoms with Gasteiger partial charge in [0.1, 0.15) is 12.4 Å². The van der Waals surface area contributed by atoms with Gasteiger partial charge in [-0.25, -0.2) is 0 Å². The quantitative estimate of drug-likeness (QED) is 0.369. The number of hydrogen-bond donors (Lipinski definition) is 0. The van der Waals surface area contributed by atoms with Crippen LogP contribution in [0.4, 0.5) is 0 Å². The second-order valence-corrected chi connectivity index (χ2v) is 6.10. The van der Waals surface area contributed by atoms with Crippen molar-refractivity contribution in [3.05, 3.63) is 71.8 Å². The van der Waals surface area contributed by atoms with Gasteiger partial charge < -0.3 is 14.3 Å². The fourth-order valence-corrected chi connectivity index (χ4v) is 2.63. The molecule has 0 aliphatic carbocycles. The van der Waals surface area contributed by atoms with E-state index in [2.05, 4.69) is 0 Å². The lowest BCUT2D eigenvalue weighted by atomic mass is 10.2. The summed E-state index contributed by atoms with van der Waals surface area (Å²) in [6, 6.07) is 13.6. The number of allylic oxidation sites excluding steroid dienone is 1. The molecule has 1 heterocycles. The van der Waals surface area contributed by atoms with Crippen LogP contribution in [-0.4, -0.2) is 29.5 Å². The van der Waals surface area contributed by atoms with Gasteiger partial charge in [-0.2, -0.15) is 0 Å². The second kappa shape index (κ2) is 10.4. The summed E-state index contributed by atoms with van der Waals surface area (Å²) in [6.07, 6.45) is 4.29. The molecule has 2 aromatic rings. The minimum absolute atomic E-state index is 0.163. The second-order valence-electron chi connectivity index (χ2n) is 6.10. The molecule has 2 rings (SSSR count). The number of hydrogen-bond acceptors (Lipinski definition) is 4. The molecule has 0 spiro atoms. The van der Waals surface area contributed by atoms with E-state index in [4.69, 9.17) is 9.47 Å². The summed E-state index contributed by atoms with van der Waals surface area (Å²) < 4.78 is 12.9. The normalized spacial score (nSPS) is 12.2. The molecular weight excluding hydrogens is 330 g/mol. The van der Waals surface area contributed by atoms with E-state index in [-0.39, 0.29) is 12.0 Å². The van der Waals surface area contributed by atoms with E-state index in [1.807, 2.05) is 56.3 Å². The molecule has 0 aliphatic heterocycles. The third-order valence-electron chi connectivity index (χ3n) is 3.99. The zero-order valence-electron chi connectivity index (χ0n) is 15.3. The van der Waals surface area contributed by atoms with Gasteiger partial charge in [0, 0.05) is 23.9 Å². The van der Waals surface area contributed by atoms with Crippen molar-refractivity contribution in [1.82, 2.24) is 4.57 Å². The van der Waals surface area contributed by atoms with Crippen molar-refractivity contribution >= 4 is 12.2 Å². The van der Waals surface area contributed by atoms with Crippen molar-refractivity contribution in [3.8, 4) is 0 Å². The maximum Gasteiger partial charge on any atom is 0.258 e. The molecular formula is C21H25NO4. The molecule has 1 atom stereocenters. The molecule has 1 aromatic heterocycles. The van der Waals surface area contributed by atoms with E-state index in [0.29, 0.717) is 26.1 Å². The lowest BCUT2D eigenvalue weighted by Crippen LogP contribution is -2.18. The van der Waals surface area contributed by atoms with Crippen LogP contribution in [0.5, 0.6) is 0 Å². The number of carbonyl (C=O) groups is 2. The van der Waals surface area contributed by atoms with Gasteiger partial charge >= 0.3 is 0 Å². The van der Waals surface area contributed by atoms with E-state index in [1.165, 1.54) is 12.3 Å². The Morgan fingerprint density at radius 2 is 1.81 bits per heavy atom. The van der Waals surface area contributed by atoms with E-state index in [0.717, 1.165) is 23.2 Å². The molecule has 0 fully saturated rings. The van der Waals surface area contributed by atoms with Gasteiger partial charge in [-0.1, -0.05) is 30.3 Å². The largest absolute Gasteiger partial charge is 0.495 e. The molecule has 0 radical (unpaired) electrons. The maximum absolute atomic E-state index is 12.3. The summed E-state index contributed by atoms with van der Waals surface area (Å²) in [7, 11) is 0. The van der Waals surface area contributed by atoms with Gasteiger partial charge in [-0.3, -0.25) is 9.36 Å². The zero-order valence-corrected chi connectivity index (χ0v) is 15.3. The summed E-state index contributed by atoms with van der Waals surface area (Å²) in [5.74, 6) is -0.163. The van der Waals surface area contributed by atoms with Crippen LogP contribution in [0.25, 0.3) is 0 Å². The molecule has 1 unspecified atom stereocenters. The fraction of sp³-hybridized carbons (Fsp3) is 0.333. The van der Waals surface area contributed by atoms with E-state index < -0.39 is 0 Å². The smallest absolute Gasteiger partial charge is 0.258 e. The predicted molar refractivity (Wildman–Crippen MR) is 99.9 cm³/mol. The summed E-state index contributed by atoms with van der Waals surface area (Å²) in [4.78, 5) is 22.9. The molecule has 1 aromatic carbocycles. The summed E-state index contributed by atoms with van der Waals surface area (Å²) in [5.41, 5.74) is 2.83. The first-order valence-electron chi connectivity index (χ1n) is 8.68. The Hall–Kier alpha value is -2.66. The van der Waals surface area contributed by atoms with Crippen molar-refractivity contribution in [1.29, 1.82) is 0 Å². The highest BCUT2D eigenvalue weighted by Crippen LogP contribution is 2.09. The van der Waals surface area contributed by atoms with E-state index in [9.17, 15) is 9.59 Å². The standard InChI is InChI=1S/C21H25NO4/c1-17-10-11-18(2)22(17)21(24)12-14-26-20(9-6-13-23)16-25-15-19-7-4-3-5-8-19/h3-5,7-8,10-14,20H,6,9,15-16H2,1-2H3/b14-12+. The lowest BCUT2D eigenvalue weighted by molar-refractivity contribution is -0.108. The van der Waals surface area contributed by atoms with Crippen molar-refractivity contribution < 1.29 is 19.1 Å². The Labute approximate surface area is 154 Å². The Morgan fingerprint density at radius 1 is 1.12 bits per heavy atom. The molecule has 0 aliphatic rings. The monoisotopic (exact) mass is 355 g/mol. The first kappa shape index (κ1) is 19.7. The molecule has 0 amide bonds. The van der Waals surface area contributed by atoms with Gasteiger partial charge in [-0.15, -0.1) is 0 Å². The Balaban J connectivity index is 1.86. The maximum atomic E-state index is 12.3. The van der Waals surface area contributed by atoms with E-state index >= 15 is 0 Å². The minimum atomic E-state index is -0.278. The third kappa shape index (κ3) is 6.01. The number of ether oxygens (including phenoxy) is 2. The van der Waals surface area contributed by atoms with Crippen molar-refractivity contribution in [3.63, 3.8) is 0 Å². The van der Waals surface area contributed by atoms with Crippen LogP contribution in [0.3, 0.4) is 0 Å². The Morgan fingerprint density at radius 3 is 2.46 bits per heavy atom. The number of nitrogens with zero attached hydrogens (tertiary/aromatic N) is 1. The SMILES string of the molecule is Cc1ccc(C)n1C(=O)/C=C/OC(CCC=O)COCc1ccccc1. The minimum Gasteiger partial charge on any atom is -0.495 e. The van der Waals surface area contributed by atoms with Crippen LogP contribution < -0.4 is 0 Å². The number of aromatic nitrogens is 1. The molecule has 5 nitrogen and oxygen atoms in total. The van der Waals surface area contributed by atoms with Crippen LogP contribution >= 0.6 is 0 Å². The summed E-state index contributed by atoms with van der Waals surface area (Å²) in [5, 5.41) is 0. The zero-order chi connectivity index (χ0) is 18.8. The molecule has 0 saturated heterocycles. The number of benzene rings is 1. The number of aryl methyl sites for hydroxylation is 2. The predicted octanol–water partition coefficient (Wildman–Crippen LogP) is 3.84. The Bertz CT molecular complexity index is 714. The highest BCUT2D eigenvalue weighted by Gasteiger charge is 2.10. The van der Waals surface area contributed by atoms with Crippen molar-refractivity contribution in [2.45, 2.75) is 39.4 Å². The third-order valence-corrected chi connectivity index (χ3v) is 3.99. The van der Waals surface area contributed by atoms with Crippen molar-refractivity contribution in [2.75, 3.05) is 6.61 Å². The van der Waals surface area contributed by atoms with E-state index in [1.54, 1.807) is 4.57 Å². The molecule has 26 heavy (non-hydrogen) atoms. The van der Waals surface area contributed by atoms with Gasteiger partial charge in [0.25, 0.3) is 5.91 Å². The van der Waals surface area contributed by atoms with Crippen LogP contribution in [0.1, 0.15) is 34.6 Å². The van der Waals surface area contributed by atoms with Gasteiger partial charge in [0.15, 0.2) is 0 Å². The summed E-state index contributed by atoms with van der Waals surface area (Å²) in [6.45, 7) is 4.59. The number of carbonyl (C=O) groups excluding carboxylic acids is 2. The summed E-state index contributed by atoms with van der Waals surface area (Å²) >= 11 is 0. The number of rotatable bonds is 10. The van der Waals surface area contributed by atoms with Gasteiger partial charge in [0.05, 0.1) is 19.5 Å². The fourth-order valence-electron chi connectivity index (χ4n) is 2.63. The molecule has 0 bridgehead atoms. The highest BCUT2D eigenvalue weighted by molar-refractivity contribution is 5.90. The topological polar surface area (TPSA) is 57.5 Å². The van der Waals surface area contributed by atoms with Crippen LogP contribution in [0.2, 0.25) is 0 Å². The van der Waals surface area contributed by atoms with Crippen LogP contribution in [-0.2, 0) is 20.9 Å². The number of aldehydes is 1. The average Bonchev–Trinajstić information content (AvgIpc) is 2.98. The average molecular weight is 355 g/mol. The lowest BCUT2D eigenvalue weighted by Gasteiger charge is -2.16. The van der Waals surface area contributed by atoms with Gasteiger partial charge in [0.2, 0.25) is 0 Å². The first-order valence-corrected chi connectivity index (χ1v) is 8.68.